The van der Waals surface area contributed by atoms with Crippen LogP contribution in [0.5, 0.6) is 5.75 Å². The fourth-order valence-electron chi connectivity index (χ4n) is 1.17. The van der Waals surface area contributed by atoms with Crippen LogP contribution in [-0.2, 0) is 0 Å². The number of aliphatic hydroxyl groups is 2. The molecule has 1 aromatic rings. The Morgan fingerprint density at radius 3 is 2.67 bits per heavy atom. The van der Waals surface area contributed by atoms with Crippen LogP contribution in [-0.4, -0.2) is 21.4 Å². The molecule has 0 fully saturated rings. The molecule has 0 aliphatic heterocycles. The van der Waals surface area contributed by atoms with Gasteiger partial charge in [-0.2, -0.15) is 5.26 Å². The molecule has 0 heterocycles. The molecule has 80 valence electrons. The lowest BCUT2D eigenvalue weighted by Gasteiger charge is -2.16. The molecular weight excluding hydrogens is 201 g/mol. The standard InChI is InChI=1S/C10H10FNO3/c11-6-1-2-8(13)7(5-6)10(15)9(14)3-4-12/h1-2,5,9-10,13-15H,3H2. The van der Waals surface area contributed by atoms with Gasteiger partial charge in [0.2, 0.25) is 0 Å². The van der Waals surface area contributed by atoms with E-state index in [2.05, 4.69) is 0 Å². The van der Waals surface area contributed by atoms with Crippen molar-refractivity contribution in [1.82, 2.24) is 0 Å². The van der Waals surface area contributed by atoms with Crippen molar-refractivity contribution in [3.05, 3.63) is 29.6 Å². The highest BCUT2D eigenvalue weighted by atomic mass is 19.1. The molecule has 5 heteroatoms. The van der Waals surface area contributed by atoms with Gasteiger partial charge >= 0.3 is 0 Å². The predicted octanol–water partition coefficient (Wildman–Crippen LogP) is 0.839. The van der Waals surface area contributed by atoms with Crippen LogP contribution >= 0.6 is 0 Å². The number of phenolic OH excluding ortho intramolecular Hbond substituents is 1. The number of benzene rings is 1. The van der Waals surface area contributed by atoms with Crippen molar-refractivity contribution in [3.63, 3.8) is 0 Å². The first-order valence-electron chi connectivity index (χ1n) is 4.27. The Labute approximate surface area is 85.8 Å². The van der Waals surface area contributed by atoms with Crippen LogP contribution < -0.4 is 0 Å². The Balaban J connectivity index is 2.95. The number of hydrogen-bond donors (Lipinski definition) is 3. The van der Waals surface area contributed by atoms with E-state index in [-0.39, 0.29) is 17.7 Å². The number of halogens is 1. The second kappa shape index (κ2) is 4.73. The summed E-state index contributed by atoms with van der Waals surface area (Å²) in [4.78, 5) is 0. The van der Waals surface area contributed by atoms with Gasteiger partial charge in [-0.15, -0.1) is 0 Å². The smallest absolute Gasteiger partial charge is 0.123 e. The molecule has 0 spiro atoms. The summed E-state index contributed by atoms with van der Waals surface area (Å²) >= 11 is 0. The summed E-state index contributed by atoms with van der Waals surface area (Å²) in [6, 6.07) is 4.69. The zero-order valence-corrected chi connectivity index (χ0v) is 7.76. The molecule has 1 rings (SSSR count). The summed E-state index contributed by atoms with van der Waals surface area (Å²) in [5.41, 5.74) is -0.127. The van der Waals surface area contributed by atoms with E-state index in [0.29, 0.717) is 0 Å². The first-order chi connectivity index (χ1) is 7.06. The van der Waals surface area contributed by atoms with Gasteiger partial charge in [0.25, 0.3) is 0 Å². The molecule has 2 unspecified atom stereocenters. The molecule has 1 aromatic carbocycles. The second-order valence-electron chi connectivity index (χ2n) is 3.08. The molecule has 0 saturated carbocycles. The van der Waals surface area contributed by atoms with Gasteiger partial charge in [-0.3, -0.25) is 0 Å². The molecule has 15 heavy (non-hydrogen) atoms. The fraction of sp³-hybridized carbons (Fsp3) is 0.300. The van der Waals surface area contributed by atoms with Crippen LogP contribution in [0.4, 0.5) is 4.39 Å². The van der Waals surface area contributed by atoms with Crippen molar-refractivity contribution in [2.45, 2.75) is 18.6 Å². The molecular formula is C10H10FNO3. The Bertz CT molecular complexity index is 389. The number of aromatic hydroxyl groups is 1. The highest BCUT2D eigenvalue weighted by Gasteiger charge is 2.21. The predicted molar refractivity (Wildman–Crippen MR) is 49.3 cm³/mol. The summed E-state index contributed by atoms with van der Waals surface area (Å²) in [6.07, 6.45) is -3.11. The van der Waals surface area contributed by atoms with Gasteiger partial charge in [0.1, 0.15) is 17.7 Å². The molecule has 0 amide bonds. The molecule has 4 nitrogen and oxygen atoms in total. The maximum atomic E-state index is 12.8. The van der Waals surface area contributed by atoms with Crippen LogP contribution in [0.2, 0.25) is 0 Å². The van der Waals surface area contributed by atoms with Gasteiger partial charge in [-0.05, 0) is 18.2 Å². The lowest BCUT2D eigenvalue weighted by molar-refractivity contribution is 0.0201. The molecule has 0 radical (unpaired) electrons. The molecule has 0 aliphatic carbocycles. The van der Waals surface area contributed by atoms with Crippen molar-refractivity contribution in [3.8, 4) is 11.8 Å². The highest BCUT2D eigenvalue weighted by Crippen LogP contribution is 2.27. The van der Waals surface area contributed by atoms with Crippen LogP contribution in [0.3, 0.4) is 0 Å². The molecule has 0 aromatic heterocycles. The van der Waals surface area contributed by atoms with Crippen molar-refractivity contribution in [2.24, 2.45) is 0 Å². The molecule has 2 atom stereocenters. The Hall–Kier alpha value is -1.64. The van der Waals surface area contributed by atoms with Gasteiger partial charge in [-0.1, -0.05) is 0 Å². The second-order valence-corrected chi connectivity index (χ2v) is 3.08. The van der Waals surface area contributed by atoms with E-state index < -0.39 is 18.0 Å². The average molecular weight is 211 g/mol. The van der Waals surface area contributed by atoms with Gasteiger partial charge in [0.05, 0.1) is 18.6 Å². The zero-order valence-electron chi connectivity index (χ0n) is 7.76. The van der Waals surface area contributed by atoms with Crippen molar-refractivity contribution < 1.29 is 19.7 Å². The minimum atomic E-state index is -1.47. The maximum absolute atomic E-state index is 12.8. The van der Waals surface area contributed by atoms with Crippen LogP contribution in [0.25, 0.3) is 0 Å². The van der Waals surface area contributed by atoms with E-state index >= 15 is 0 Å². The van der Waals surface area contributed by atoms with Gasteiger partial charge in [-0.25, -0.2) is 4.39 Å². The van der Waals surface area contributed by atoms with Gasteiger partial charge in [0, 0.05) is 5.56 Å². The van der Waals surface area contributed by atoms with E-state index in [1.165, 1.54) is 0 Å². The Kier molecular flexibility index (Phi) is 3.61. The van der Waals surface area contributed by atoms with E-state index in [9.17, 15) is 19.7 Å². The number of hydrogen-bond acceptors (Lipinski definition) is 4. The summed E-state index contributed by atoms with van der Waals surface area (Å²) in [5.74, 6) is -0.952. The Morgan fingerprint density at radius 2 is 2.07 bits per heavy atom. The normalized spacial score (nSPS) is 14.3. The maximum Gasteiger partial charge on any atom is 0.123 e. The summed E-state index contributed by atoms with van der Waals surface area (Å²) < 4.78 is 12.8. The van der Waals surface area contributed by atoms with E-state index in [4.69, 9.17) is 5.26 Å². The third-order valence-corrected chi connectivity index (χ3v) is 1.97. The first kappa shape index (κ1) is 11.4. The van der Waals surface area contributed by atoms with Gasteiger partial charge in [0.15, 0.2) is 0 Å². The number of nitriles is 1. The summed E-state index contributed by atoms with van der Waals surface area (Å²) in [6.45, 7) is 0. The number of nitrogens with zero attached hydrogens (tertiary/aromatic N) is 1. The summed E-state index contributed by atoms with van der Waals surface area (Å²) in [5, 5.41) is 36.4. The monoisotopic (exact) mass is 211 g/mol. The van der Waals surface area contributed by atoms with E-state index in [1.54, 1.807) is 6.07 Å². The van der Waals surface area contributed by atoms with E-state index in [1.807, 2.05) is 0 Å². The Morgan fingerprint density at radius 1 is 1.40 bits per heavy atom. The minimum absolute atomic E-state index is 0.127. The quantitative estimate of drug-likeness (QED) is 0.691. The average Bonchev–Trinajstić information content (AvgIpc) is 2.21. The summed E-state index contributed by atoms with van der Waals surface area (Å²) in [7, 11) is 0. The first-order valence-corrected chi connectivity index (χ1v) is 4.27. The fourth-order valence-corrected chi connectivity index (χ4v) is 1.17. The molecule has 0 bridgehead atoms. The molecule has 3 N–H and O–H groups in total. The SMILES string of the molecule is N#CCC(O)C(O)c1cc(F)ccc1O. The lowest BCUT2D eigenvalue weighted by Crippen LogP contribution is -2.17. The van der Waals surface area contributed by atoms with Crippen molar-refractivity contribution >= 4 is 0 Å². The molecule has 0 aliphatic rings. The number of phenols is 1. The highest BCUT2D eigenvalue weighted by molar-refractivity contribution is 5.34. The third-order valence-electron chi connectivity index (χ3n) is 1.97. The third kappa shape index (κ3) is 2.65. The molecule has 0 saturated heterocycles. The minimum Gasteiger partial charge on any atom is -0.508 e. The van der Waals surface area contributed by atoms with Crippen LogP contribution in [0.1, 0.15) is 18.1 Å². The van der Waals surface area contributed by atoms with Gasteiger partial charge < -0.3 is 15.3 Å². The number of aliphatic hydroxyl groups excluding tert-OH is 2. The van der Waals surface area contributed by atoms with Crippen LogP contribution in [0.15, 0.2) is 18.2 Å². The van der Waals surface area contributed by atoms with Crippen molar-refractivity contribution in [2.75, 3.05) is 0 Å². The topological polar surface area (TPSA) is 84.5 Å². The number of rotatable bonds is 3. The van der Waals surface area contributed by atoms with Crippen LogP contribution in [0, 0.1) is 17.1 Å². The van der Waals surface area contributed by atoms with Crippen molar-refractivity contribution in [1.29, 1.82) is 5.26 Å². The largest absolute Gasteiger partial charge is 0.508 e. The van der Waals surface area contributed by atoms with E-state index in [0.717, 1.165) is 18.2 Å². The zero-order chi connectivity index (χ0) is 11.4. The lowest BCUT2D eigenvalue weighted by atomic mass is 10.0.